The standard InChI is InChI=1S/C11H18F3NO/c12-11(13,14)6-3-10(16)2-1-9-4-7-15-8-5-9/h9,15H,1-8H2. The maximum atomic E-state index is 11.9. The van der Waals surface area contributed by atoms with Crippen LogP contribution in [0.1, 0.15) is 38.5 Å². The van der Waals surface area contributed by atoms with Crippen LogP contribution in [0, 0.1) is 5.92 Å². The molecule has 0 atom stereocenters. The smallest absolute Gasteiger partial charge is 0.317 e. The van der Waals surface area contributed by atoms with E-state index < -0.39 is 12.6 Å². The van der Waals surface area contributed by atoms with Crippen LogP contribution in [0.2, 0.25) is 0 Å². The van der Waals surface area contributed by atoms with Gasteiger partial charge in [0.05, 0.1) is 6.42 Å². The lowest BCUT2D eigenvalue weighted by molar-refractivity contribution is -0.143. The van der Waals surface area contributed by atoms with Gasteiger partial charge in [0.2, 0.25) is 0 Å². The van der Waals surface area contributed by atoms with Gasteiger partial charge >= 0.3 is 6.18 Å². The van der Waals surface area contributed by atoms with Crippen LogP contribution in [0.4, 0.5) is 13.2 Å². The average molecular weight is 237 g/mol. The molecule has 16 heavy (non-hydrogen) atoms. The Morgan fingerprint density at radius 2 is 1.81 bits per heavy atom. The molecule has 1 N–H and O–H groups in total. The Kier molecular flexibility index (Phi) is 5.25. The first kappa shape index (κ1) is 13.5. The minimum Gasteiger partial charge on any atom is -0.317 e. The van der Waals surface area contributed by atoms with E-state index in [1.54, 1.807) is 0 Å². The Bertz CT molecular complexity index is 222. The fourth-order valence-electron chi connectivity index (χ4n) is 1.94. The number of Topliss-reactive ketones (excluding diaryl/α,β-unsaturated/α-hetero) is 1. The summed E-state index contributed by atoms with van der Waals surface area (Å²) in [5, 5.41) is 3.21. The van der Waals surface area contributed by atoms with Crippen molar-refractivity contribution in [3.8, 4) is 0 Å². The zero-order valence-electron chi connectivity index (χ0n) is 9.28. The topological polar surface area (TPSA) is 29.1 Å². The molecule has 2 nitrogen and oxygen atoms in total. The molecule has 0 amide bonds. The minimum absolute atomic E-state index is 0.254. The summed E-state index contributed by atoms with van der Waals surface area (Å²) in [6.45, 7) is 1.92. The van der Waals surface area contributed by atoms with Gasteiger partial charge in [-0.1, -0.05) is 0 Å². The molecule has 0 radical (unpaired) electrons. The Hall–Kier alpha value is -0.580. The first-order valence-corrected chi connectivity index (χ1v) is 5.76. The Labute approximate surface area is 93.6 Å². The van der Waals surface area contributed by atoms with Gasteiger partial charge in [0.1, 0.15) is 5.78 Å². The van der Waals surface area contributed by atoms with E-state index in [2.05, 4.69) is 5.32 Å². The number of hydrogen-bond acceptors (Lipinski definition) is 2. The summed E-state index contributed by atoms with van der Waals surface area (Å²) >= 11 is 0. The molecular weight excluding hydrogens is 219 g/mol. The number of piperidine rings is 1. The summed E-state index contributed by atoms with van der Waals surface area (Å²) < 4.78 is 35.6. The van der Waals surface area contributed by atoms with Gasteiger partial charge in [-0.15, -0.1) is 0 Å². The molecule has 1 saturated heterocycles. The highest BCUT2D eigenvalue weighted by atomic mass is 19.4. The van der Waals surface area contributed by atoms with Crippen molar-refractivity contribution in [2.24, 2.45) is 5.92 Å². The zero-order chi connectivity index (χ0) is 12.0. The molecule has 0 aliphatic carbocycles. The number of alkyl halides is 3. The molecule has 94 valence electrons. The monoisotopic (exact) mass is 237 g/mol. The van der Waals surface area contributed by atoms with Crippen LogP contribution in [0.5, 0.6) is 0 Å². The van der Waals surface area contributed by atoms with Crippen LogP contribution >= 0.6 is 0 Å². The largest absolute Gasteiger partial charge is 0.389 e. The lowest BCUT2D eigenvalue weighted by Gasteiger charge is -2.22. The van der Waals surface area contributed by atoms with Crippen molar-refractivity contribution in [3.63, 3.8) is 0 Å². The van der Waals surface area contributed by atoms with Gasteiger partial charge in [0.15, 0.2) is 0 Å². The van der Waals surface area contributed by atoms with Crippen LogP contribution in [0.3, 0.4) is 0 Å². The van der Waals surface area contributed by atoms with Crippen molar-refractivity contribution < 1.29 is 18.0 Å². The number of carbonyl (C=O) groups is 1. The summed E-state index contributed by atoms with van der Waals surface area (Å²) in [6, 6.07) is 0. The number of ketones is 1. The highest BCUT2D eigenvalue weighted by Crippen LogP contribution is 2.23. The third-order valence-electron chi connectivity index (χ3n) is 2.98. The average Bonchev–Trinajstić information content (AvgIpc) is 2.24. The molecule has 0 aromatic rings. The van der Waals surface area contributed by atoms with Crippen molar-refractivity contribution in [1.29, 1.82) is 0 Å². The predicted octanol–water partition coefficient (Wildman–Crippen LogP) is 2.68. The molecule has 1 heterocycles. The van der Waals surface area contributed by atoms with E-state index in [0.29, 0.717) is 12.3 Å². The van der Waals surface area contributed by atoms with Crippen molar-refractivity contribution in [1.82, 2.24) is 5.32 Å². The quantitative estimate of drug-likeness (QED) is 0.796. The Morgan fingerprint density at radius 1 is 1.19 bits per heavy atom. The predicted molar refractivity (Wildman–Crippen MR) is 55.1 cm³/mol. The molecule has 5 heteroatoms. The number of halogens is 3. The second kappa shape index (κ2) is 6.23. The van der Waals surface area contributed by atoms with Crippen LogP contribution in [-0.4, -0.2) is 25.0 Å². The highest BCUT2D eigenvalue weighted by molar-refractivity contribution is 5.78. The number of rotatable bonds is 5. The van der Waals surface area contributed by atoms with Gasteiger partial charge < -0.3 is 5.32 Å². The second-order valence-electron chi connectivity index (χ2n) is 4.39. The van der Waals surface area contributed by atoms with Crippen LogP contribution in [0.15, 0.2) is 0 Å². The van der Waals surface area contributed by atoms with E-state index in [0.717, 1.165) is 32.4 Å². The summed E-state index contributed by atoms with van der Waals surface area (Å²) in [5.74, 6) is 0.256. The van der Waals surface area contributed by atoms with E-state index in [1.807, 2.05) is 0 Å². The summed E-state index contributed by atoms with van der Waals surface area (Å²) in [4.78, 5) is 11.2. The second-order valence-corrected chi connectivity index (χ2v) is 4.39. The molecule has 0 saturated carbocycles. The molecule has 1 aliphatic heterocycles. The van der Waals surface area contributed by atoms with Crippen molar-refractivity contribution in [2.75, 3.05) is 13.1 Å². The van der Waals surface area contributed by atoms with E-state index >= 15 is 0 Å². The van der Waals surface area contributed by atoms with Gasteiger partial charge in [-0.25, -0.2) is 0 Å². The van der Waals surface area contributed by atoms with Gasteiger partial charge in [-0.2, -0.15) is 13.2 Å². The van der Waals surface area contributed by atoms with E-state index in [1.165, 1.54) is 0 Å². The first-order valence-electron chi connectivity index (χ1n) is 5.76. The maximum Gasteiger partial charge on any atom is 0.389 e. The molecule has 0 bridgehead atoms. The van der Waals surface area contributed by atoms with Gasteiger partial charge in [0, 0.05) is 12.8 Å². The maximum absolute atomic E-state index is 11.9. The zero-order valence-corrected chi connectivity index (χ0v) is 9.28. The van der Waals surface area contributed by atoms with Crippen LogP contribution < -0.4 is 5.32 Å². The van der Waals surface area contributed by atoms with Gasteiger partial charge in [-0.05, 0) is 38.3 Å². The normalized spacial score (nSPS) is 18.7. The summed E-state index contributed by atoms with van der Waals surface area (Å²) in [7, 11) is 0. The van der Waals surface area contributed by atoms with Crippen molar-refractivity contribution >= 4 is 5.78 Å². The van der Waals surface area contributed by atoms with Gasteiger partial charge in [0.25, 0.3) is 0 Å². The van der Waals surface area contributed by atoms with Gasteiger partial charge in [-0.3, -0.25) is 4.79 Å². The Balaban J connectivity index is 2.09. The van der Waals surface area contributed by atoms with Crippen molar-refractivity contribution in [3.05, 3.63) is 0 Å². The van der Waals surface area contributed by atoms with E-state index in [-0.39, 0.29) is 12.2 Å². The molecule has 0 aromatic heterocycles. The number of carbonyl (C=O) groups excluding carboxylic acids is 1. The fraction of sp³-hybridized carbons (Fsp3) is 0.909. The summed E-state index contributed by atoms with van der Waals surface area (Å²) in [5.41, 5.74) is 0. The number of hydrogen-bond donors (Lipinski definition) is 1. The number of nitrogens with one attached hydrogen (secondary N) is 1. The molecule has 0 unspecified atom stereocenters. The lowest BCUT2D eigenvalue weighted by Crippen LogP contribution is -2.28. The summed E-state index contributed by atoms with van der Waals surface area (Å²) in [6.07, 6.45) is -2.41. The third kappa shape index (κ3) is 6.10. The van der Waals surface area contributed by atoms with E-state index in [9.17, 15) is 18.0 Å². The SMILES string of the molecule is O=C(CCC1CCNCC1)CCC(F)(F)F. The third-order valence-corrected chi connectivity index (χ3v) is 2.98. The molecule has 0 aromatic carbocycles. The molecule has 1 fully saturated rings. The fourth-order valence-corrected chi connectivity index (χ4v) is 1.94. The van der Waals surface area contributed by atoms with E-state index in [4.69, 9.17) is 0 Å². The Morgan fingerprint density at radius 3 is 2.38 bits per heavy atom. The lowest BCUT2D eigenvalue weighted by atomic mass is 9.92. The minimum atomic E-state index is -4.20. The molecule has 1 rings (SSSR count). The highest BCUT2D eigenvalue weighted by Gasteiger charge is 2.27. The van der Waals surface area contributed by atoms with Crippen LogP contribution in [-0.2, 0) is 4.79 Å². The first-order chi connectivity index (χ1) is 7.47. The molecule has 1 aliphatic rings. The molecule has 0 spiro atoms. The van der Waals surface area contributed by atoms with Crippen molar-refractivity contribution in [2.45, 2.75) is 44.7 Å². The van der Waals surface area contributed by atoms with Crippen LogP contribution in [0.25, 0.3) is 0 Å². The molecular formula is C11H18F3NO.